The Morgan fingerprint density at radius 2 is 2.03 bits per heavy atom. The van der Waals surface area contributed by atoms with Crippen molar-refractivity contribution in [2.24, 2.45) is 11.8 Å². The number of fused-ring (bicyclic) bond motifs is 1. The molecule has 0 spiro atoms. The van der Waals surface area contributed by atoms with E-state index in [1.165, 1.54) is 0 Å². The molecular weight excluding hydrogens is 430 g/mol. The van der Waals surface area contributed by atoms with Crippen LogP contribution in [-0.2, 0) is 9.59 Å². The second-order valence-electron chi connectivity index (χ2n) is 8.65. The predicted octanol–water partition coefficient (Wildman–Crippen LogP) is 2.64. The van der Waals surface area contributed by atoms with E-state index in [9.17, 15) is 19.6 Å². The fourth-order valence-electron chi connectivity index (χ4n) is 4.16. The molecule has 4 N–H and O–H groups in total. The third kappa shape index (κ3) is 5.22. The van der Waals surface area contributed by atoms with E-state index in [-0.39, 0.29) is 18.2 Å². The average molecular weight is 456 g/mol. The number of piperidine rings is 1. The van der Waals surface area contributed by atoms with Gasteiger partial charge in [-0.1, -0.05) is 36.6 Å². The molecule has 2 aromatic rings. The van der Waals surface area contributed by atoms with Gasteiger partial charge in [-0.3, -0.25) is 14.4 Å². The SMILES string of the molecule is N#C[C@H](C[C@H]1CCCNC1=O)NC(=O)[C@H](CC1CC1)NC(=O)c1cc2cccc(Cl)c2[nH]1. The summed E-state index contributed by atoms with van der Waals surface area (Å²) in [5.74, 6) is -0.791. The number of para-hydroxylation sites is 1. The fourth-order valence-corrected chi connectivity index (χ4v) is 4.39. The van der Waals surface area contributed by atoms with Gasteiger partial charge in [-0.2, -0.15) is 5.26 Å². The van der Waals surface area contributed by atoms with Gasteiger partial charge >= 0.3 is 0 Å². The smallest absolute Gasteiger partial charge is 0.268 e. The van der Waals surface area contributed by atoms with Crippen molar-refractivity contribution >= 4 is 40.2 Å². The maximum atomic E-state index is 13.0. The fraction of sp³-hybridized carbons (Fsp3) is 0.478. The number of H-pyrrole nitrogens is 1. The minimum absolute atomic E-state index is 0.0777. The first-order valence-corrected chi connectivity index (χ1v) is 11.4. The molecule has 9 heteroatoms. The maximum absolute atomic E-state index is 13.0. The van der Waals surface area contributed by atoms with E-state index in [1.54, 1.807) is 18.2 Å². The lowest BCUT2D eigenvalue weighted by Crippen LogP contribution is -2.50. The molecule has 1 aromatic heterocycles. The van der Waals surface area contributed by atoms with Crippen molar-refractivity contribution in [3.05, 3.63) is 35.0 Å². The summed E-state index contributed by atoms with van der Waals surface area (Å²) in [5.41, 5.74) is 0.982. The number of hydrogen-bond acceptors (Lipinski definition) is 4. The zero-order valence-corrected chi connectivity index (χ0v) is 18.4. The van der Waals surface area contributed by atoms with Gasteiger partial charge in [-0.05, 0) is 43.7 Å². The number of hydrogen-bond donors (Lipinski definition) is 4. The third-order valence-corrected chi connectivity index (χ3v) is 6.44. The Hall–Kier alpha value is -3.05. The summed E-state index contributed by atoms with van der Waals surface area (Å²) < 4.78 is 0. The zero-order chi connectivity index (χ0) is 22.7. The molecule has 2 fully saturated rings. The number of amides is 3. The van der Waals surface area contributed by atoms with Gasteiger partial charge in [0.1, 0.15) is 17.8 Å². The van der Waals surface area contributed by atoms with Crippen LogP contribution in [0.25, 0.3) is 10.9 Å². The number of aromatic nitrogens is 1. The molecule has 0 bridgehead atoms. The first-order chi connectivity index (χ1) is 15.4. The van der Waals surface area contributed by atoms with Crippen LogP contribution in [0.1, 0.15) is 49.0 Å². The predicted molar refractivity (Wildman–Crippen MR) is 120 cm³/mol. The Balaban J connectivity index is 1.42. The summed E-state index contributed by atoms with van der Waals surface area (Å²) in [4.78, 5) is 40.9. The Kier molecular flexibility index (Phi) is 6.66. The van der Waals surface area contributed by atoms with Crippen LogP contribution in [0.2, 0.25) is 5.02 Å². The Bertz CT molecular complexity index is 1070. The molecule has 32 heavy (non-hydrogen) atoms. The number of rotatable bonds is 8. The van der Waals surface area contributed by atoms with Crippen LogP contribution in [0.15, 0.2) is 24.3 Å². The molecule has 0 unspecified atom stereocenters. The van der Waals surface area contributed by atoms with Crippen molar-refractivity contribution < 1.29 is 14.4 Å². The Morgan fingerprint density at radius 1 is 1.22 bits per heavy atom. The molecule has 4 rings (SSSR count). The van der Waals surface area contributed by atoms with Crippen LogP contribution >= 0.6 is 11.6 Å². The minimum atomic E-state index is -0.790. The van der Waals surface area contributed by atoms with E-state index in [2.05, 4.69) is 27.0 Å². The second kappa shape index (κ2) is 9.61. The second-order valence-corrected chi connectivity index (χ2v) is 9.06. The van der Waals surface area contributed by atoms with Gasteiger partial charge in [0, 0.05) is 17.8 Å². The summed E-state index contributed by atoms with van der Waals surface area (Å²) in [5, 5.41) is 19.2. The number of halogens is 1. The summed E-state index contributed by atoms with van der Waals surface area (Å²) in [6, 6.07) is 7.63. The normalized spacial score (nSPS) is 20.1. The third-order valence-electron chi connectivity index (χ3n) is 6.13. The highest BCUT2D eigenvalue weighted by Gasteiger charge is 2.33. The van der Waals surface area contributed by atoms with Gasteiger partial charge in [-0.15, -0.1) is 0 Å². The van der Waals surface area contributed by atoms with Gasteiger partial charge in [0.05, 0.1) is 16.6 Å². The van der Waals surface area contributed by atoms with Crippen LogP contribution in [0.5, 0.6) is 0 Å². The minimum Gasteiger partial charge on any atom is -0.356 e. The lowest BCUT2D eigenvalue weighted by Gasteiger charge is -2.25. The van der Waals surface area contributed by atoms with Crippen LogP contribution in [0.3, 0.4) is 0 Å². The molecule has 1 aliphatic heterocycles. The molecular formula is C23H26ClN5O3. The number of carbonyl (C=O) groups is 3. The van der Waals surface area contributed by atoms with Crippen molar-refractivity contribution in [2.75, 3.05) is 6.54 Å². The highest BCUT2D eigenvalue weighted by Crippen LogP contribution is 2.33. The molecule has 2 aliphatic rings. The molecule has 0 radical (unpaired) electrons. The first-order valence-electron chi connectivity index (χ1n) is 11.0. The van der Waals surface area contributed by atoms with Crippen LogP contribution < -0.4 is 16.0 Å². The topological polar surface area (TPSA) is 127 Å². The van der Waals surface area contributed by atoms with Gasteiger partial charge in [0.25, 0.3) is 5.91 Å². The van der Waals surface area contributed by atoms with Crippen LogP contribution in [-0.4, -0.2) is 41.3 Å². The van der Waals surface area contributed by atoms with E-state index in [0.717, 1.165) is 24.6 Å². The lowest BCUT2D eigenvalue weighted by atomic mass is 9.92. The standard InChI is InChI=1S/C23H26ClN5O3/c24-17-5-1-3-14-11-19(28-20(14)17)23(32)29-18(9-13-6-7-13)22(31)27-16(12-25)10-15-4-2-8-26-21(15)30/h1,3,5,11,13,15-16,18,28H,2,4,6-10H2,(H,26,30)(H,27,31)(H,29,32)/t15-,16+,18+/m1/s1. The van der Waals surface area contributed by atoms with E-state index in [0.29, 0.717) is 41.5 Å². The summed E-state index contributed by atoms with van der Waals surface area (Å²) in [7, 11) is 0. The molecule has 1 saturated heterocycles. The van der Waals surface area contributed by atoms with Gasteiger partial charge in [0.2, 0.25) is 11.8 Å². The summed E-state index contributed by atoms with van der Waals surface area (Å²) in [6.45, 7) is 0.646. The monoisotopic (exact) mass is 455 g/mol. The van der Waals surface area contributed by atoms with Crippen molar-refractivity contribution in [3.63, 3.8) is 0 Å². The summed E-state index contributed by atoms with van der Waals surface area (Å²) >= 11 is 6.19. The first kappa shape index (κ1) is 22.2. The number of nitrogens with one attached hydrogen (secondary N) is 4. The molecule has 1 aromatic carbocycles. The molecule has 1 aliphatic carbocycles. The van der Waals surface area contributed by atoms with E-state index in [1.807, 2.05) is 6.07 Å². The lowest BCUT2D eigenvalue weighted by molar-refractivity contribution is -0.128. The van der Waals surface area contributed by atoms with Crippen LogP contribution in [0, 0.1) is 23.2 Å². The highest BCUT2D eigenvalue weighted by molar-refractivity contribution is 6.35. The van der Waals surface area contributed by atoms with Gasteiger partial charge in [-0.25, -0.2) is 0 Å². The largest absolute Gasteiger partial charge is 0.356 e. The van der Waals surface area contributed by atoms with Crippen molar-refractivity contribution in [1.29, 1.82) is 5.26 Å². The molecule has 2 heterocycles. The number of nitrogens with zero attached hydrogens (tertiary/aromatic N) is 1. The number of aromatic amines is 1. The van der Waals surface area contributed by atoms with E-state index < -0.39 is 23.9 Å². The zero-order valence-electron chi connectivity index (χ0n) is 17.6. The Morgan fingerprint density at radius 3 is 2.72 bits per heavy atom. The van der Waals surface area contributed by atoms with Crippen molar-refractivity contribution in [3.8, 4) is 6.07 Å². The molecule has 3 amide bonds. The number of nitriles is 1. The summed E-state index contributed by atoms with van der Waals surface area (Å²) in [6.07, 6.45) is 4.37. The van der Waals surface area contributed by atoms with Gasteiger partial charge < -0.3 is 20.9 Å². The Labute approximate surface area is 191 Å². The van der Waals surface area contributed by atoms with E-state index >= 15 is 0 Å². The quantitative estimate of drug-likeness (QED) is 0.488. The van der Waals surface area contributed by atoms with Crippen molar-refractivity contribution in [2.45, 2.75) is 50.6 Å². The number of benzene rings is 1. The molecule has 168 valence electrons. The molecule has 3 atom stereocenters. The maximum Gasteiger partial charge on any atom is 0.268 e. The van der Waals surface area contributed by atoms with Crippen molar-refractivity contribution in [1.82, 2.24) is 20.9 Å². The van der Waals surface area contributed by atoms with Crippen LogP contribution in [0.4, 0.5) is 0 Å². The molecule has 1 saturated carbocycles. The average Bonchev–Trinajstić information content (AvgIpc) is 3.48. The van der Waals surface area contributed by atoms with Gasteiger partial charge in [0.15, 0.2) is 0 Å². The highest BCUT2D eigenvalue weighted by atomic mass is 35.5. The number of carbonyl (C=O) groups excluding carboxylic acids is 3. The van der Waals surface area contributed by atoms with E-state index in [4.69, 9.17) is 11.6 Å². The molecule has 8 nitrogen and oxygen atoms in total.